The normalized spacial score (nSPS) is 14.0. The van der Waals surface area contributed by atoms with Crippen LogP contribution in [0, 0.1) is 5.92 Å². The molecule has 0 saturated carbocycles. The van der Waals surface area contributed by atoms with Crippen molar-refractivity contribution in [3.8, 4) is 5.75 Å². The second kappa shape index (κ2) is 10.6. The largest absolute Gasteiger partial charge is 0.497 e. The van der Waals surface area contributed by atoms with E-state index in [1.54, 1.807) is 44.4 Å². The molecular formula is C22H26O6. The average molecular weight is 386 g/mol. The smallest absolute Gasteiger partial charge is 0.338 e. The lowest BCUT2D eigenvalue weighted by atomic mass is 9.97. The zero-order valence-electron chi connectivity index (χ0n) is 16.3. The van der Waals surface area contributed by atoms with Crippen molar-refractivity contribution >= 4 is 11.8 Å². The summed E-state index contributed by atoms with van der Waals surface area (Å²) in [5.74, 6) is -0.903. The molecule has 2 rings (SSSR count). The van der Waals surface area contributed by atoms with E-state index in [0.29, 0.717) is 12.2 Å². The van der Waals surface area contributed by atoms with E-state index in [1.165, 1.54) is 6.92 Å². The summed E-state index contributed by atoms with van der Waals surface area (Å²) < 4.78 is 15.8. The Morgan fingerprint density at radius 1 is 1.00 bits per heavy atom. The van der Waals surface area contributed by atoms with Crippen molar-refractivity contribution in [2.24, 2.45) is 5.92 Å². The Morgan fingerprint density at radius 3 is 2.25 bits per heavy atom. The number of carbonyl (C=O) groups is 2. The van der Waals surface area contributed by atoms with E-state index in [-0.39, 0.29) is 12.4 Å². The van der Waals surface area contributed by atoms with E-state index in [2.05, 4.69) is 0 Å². The summed E-state index contributed by atoms with van der Waals surface area (Å²) in [5, 5.41) is 10.2. The molecule has 28 heavy (non-hydrogen) atoms. The van der Waals surface area contributed by atoms with Gasteiger partial charge in [-0.25, -0.2) is 4.79 Å². The zero-order valence-corrected chi connectivity index (χ0v) is 16.3. The van der Waals surface area contributed by atoms with Crippen molar-refractivity contribution in [2.45, 2.75) is 32.7 Å². The summed E-state index contributed by atoms with van der Waals surface area (Å²) >= 11 is 0. The SMILES string of the molecule is COc1ccc(COC[C@@H](O)[C@@H](C)C(=O)[C@H](C)OC(=O)c2ccccc2)cc1. The van der Waals surface area contributed by atoms with Crippen LogP contribution < -0.4 is 4.74 Å². The van der Waals surface area contributed by atoms with Gasteiger partial charge in [-0.1, -0.05) is 37.3 Å². The van der Waals surface area contributed by atoms with Crippen LogP contribution in [-0.2, 0) is 20.9 Å². The molecule has 1 N–H and O–H groups in total. The highest BCUT2D eigenvalue weighted by Crippen LogP contribution is 2.14. The van der Waals surface area contributed by atoms with Gasteiger partial charge < -0.3 is 19.3 Å². The molecule has 6 nitrogen and oxygen atoms in total. The molecule has 150 valence electrons. The molecule has 0 aliphatic heterocycles. The summed E-state index contributed by atoms with van der Waals surface area (Å²) in [6, 6.07) is 15.8. The van der Waals surface area contributed by atoms with Gasteiger partial charge in [0.15, 0.2) is 11.9 Å². The molecule has 0 bridgehead atoms. The van der Waals surface area contributed by atoms with Gasteiger partial charge in [0.1, 0.15) is 5.75 Å². The maximum atomic E-state index is 12.4. The first-order chi connectivity index (χ1) is 13.4. The van der Waals surface area contributed by atoms with E-state index >= 15 is 0 Å². The van der Waals surface area contributed by atoms with Gasteiger partial charge in [0.05, 0.1) is 32.0 Å². The van der Waals surface area contributed by atoms with Crippen LogP contribution >= 0.6 is 0 Å². The van der Waals surface area contributed by atoms with Crippen molar-refractivity contribution < 1.29 is 28.9 Å². The Kier molecular flexibility index (Phi) is 8.17. The Bertz CT molecular complexity index is 756. The Hall–Kier alpha value is -2.70. The minimum Gasteiger partial charge on any atom is -0.497 e. The molecule has 0 aliphatic carbocycles. The summed E-state index contributed by atoms with van der Waals surface area (Å²) in [7, 11) is 1.60. The van der Waals surface area contributed by atoms with Crippen LogP contribution in [0.3, 0.4) is 0 Å². The van der Waals surface area contributed by atoms with Crippen molar-refractivity contribution in [3.05, 3.63) is 65.7 Å². The monoisotopic (exact) mass is 386 g/mol. The van der Waals surface area contributed by atoms with Gasteiger partial charge in [-0.05, 0) is 36.8 Å². The van der Waals surface area contributed by atoms with Crippen LogP contribution in [0.2, 0.25) is 0 Å². The van der Waals surface area contributed by atoms with E-state index < -0.39 is 24.1 Å². The van der Waals surface area contributed by atoms with E-state index in [0.717, 1.165) is 11.3 Å². The summed E-state index contributed by atoms with van der Waals surface area (Å²) in [6.07, 6.45) is -1.96. The number of carbonyl (C=O) groups excluding carboxylic acids is 2. The molecule has 0 fully saturated rings. The number of benzene rings is 2. The van der Waals surface area contributed by atoms with Crippen LogP contribution in [0.1, 0.15) is 29.8 Å². The quantitative estimate of drug-likeness (QED) is 0.632. The van der Waals surface area contributed by atoms with Gasteiger partial charge in [0, 0.05) is 5.92 Å². The Morgan fingerprint density at radius 2 is 1.64 bits per heavy atom. The fourth-order valence-electron chi connectivity index (χ4n) is 2.58. The van der Waals surface area contributed by atoms with Gasteiger partial charge in [0.25, 0.3) is 0 Å². The molecule has 2 aromatic carbocycles. The van der Waals surface area contributed by atoms with Crippen molar-refractivity contribution in [1.29, 1.82) is 0 Å². The van der Waals surface area contributed by atoms with E-state index in [9.17, 15) is 14.7 Å². The lowest BCUT2D eigenvalue weighted by Gasteiger charge is -2.21. The third-order valence-electron chi connectivity index (χ3n) is 4.44. The Balaban J connectivity index is 1.79. The van der Waals surface area contributed by atoms with Crippen molar-refractivity contribution in [3.63, 3.8) is 0 Å². The predicted molar refractivity (Wildman–Crippen MR) is 104 cm³/mol. The summed E-state index contributed by atoms with van der Waals surface area (Å²) in [5.41, 5.74) is 1.30. The number of hydrogen-bond donors (Lipinski definition) is 1. The molecule has 3 atom stereocenters. The van der Waals surface area contributed by atoms with E-state index in [4.69, 9.17) is 14.2 Å². The topological polar surface area (TPSA) is 82.1 Å². The van der Waals surface area contributed by atoms with Crippen LogP contribution in [0.25, 0.3) is 0 Å². The molecular weight excluding hydrogens is 360 g/mol. The molecule has 0 radical (unpaired) electrons. The van der Waals surface area contributed by atoms with Crippen LogP contribution in [-0.4, -0.2) is 42.8 Å². The van der Waals surface area contributed by atoms with Gasteiger partial charge in [0.2, 0.25) is 0 Å². The molecule has 0 aliphatic rings. The number of ether oxygens (including phenoxy) is 3. The van der Waals surface area contributed by atoms with Crippen molar-refractivity contribution in [2.75, 3.05) is 13.7 Å². The molecule has 0 unspecified atom stereocenters. The summed E-state index contributed by atoms with van der Waals surface area (Å²) in [4.78, 5) is 24.5. The zero-order chi connectivity index (χ0) is 20.5. The molecule has 6 heteroatoms. The highest BCUT2D eigenvalue weighted by Gasteiger charge is 2.29. The second-order valence-electron chi connectivity index (χ2n) is 6.54. The lowest BCUT2D eigenvalue weighted by Crippen LogP contribution is -2.37. The number of rotatable bonds is 10. The molecule has 0 saturated heterocycles. The summed E-state index contributed by atoms with van der Waals surface area (Å²) in [6.45, 7) is 3.40. The number of methoxy groups -OCH3 is 1. The van der Waals surface area contributed by atoms with Crippen LogP contribution in [0.5, 0.6) is 5.75 Å². The molecule has 0 spiro atoms. The van der Waals surface area contributed by atoms with Crippen LogP contribution in [0.4, 0.5) is 0 Å². The molecule has 0 aromatic heterocycles. The number of Topliss-reactive ketones (excluding diaryl/α,β-unsaturated/α-hetero) is 1. The van der Waals surface area contributed by atoms with Gasteiger partial charge in [-0.3, -0.25) is 4.79 Å². The van der Waals surface area contributed by atoms with Gasteiger partial charge in [-0.2, -0.15) is 0 Å². The maximum absolute atomic E-state index is 12.4. The number of aliphatic hydroxyl groups excluding tert-OH is 1. The number of esters is 1. The van der Waals surface area contributed by atoms with Gasteiger partial charge >= 0.3 is 5.97 Å². The third-order valence-corrected chi connectivity index (χ3v) is 4.44. The minimum atomic E-state index is -0.997. The minimum absolute atomic E-state index is 0.00170. The number of hydrogen-bond acceptors (Lipinski definition) is 6. The predicted octanol–water partition coefficient (Wildman–Crippen LogP) is 3.02. The molecule has 2 aromatic rings. The third kappa shape index (κ3) is 6.18. The van der Waals surface area contributed by atoms with Gasteiger partial charge in [-0.15, -0.1) is 0 Å². The fraction of sp³-hybridized carbons (Fsp3) is 0.364. The number of ketones is 1. The molecule has 0 amide bonds. The average Bonchev–Trinajstić information content (AvgIpc) is 2.73. The Labute approximate surface area is 165 Å². The number of aliphatic hydroxyl groups is 1. The van der Waals surface area contributed by atoms with Crippen LogP contribution in [0.15, 0.2) is 54.6 Å². The van der Waals surface area contributed by atoms with E-state index in [1.807, 2.05) is 24.3 Å². The molecule has 0 heterocycles. The standard InChI is InChI=1S/C22H26O6/c1-15(20(23)14-27-13-17-9-11-19(26-3)12-10-17)21(24)16(2)28-22(25)18-7-5-4-6-8-18/h4-12,15-16,20,23H,13-14H2,1-3H3/t15-,16+,20-/m1/s1. The highest BCUT2D eigenvalue weighted by atomic mass is 16.5. The maximum Gasteiger partial charge on any atom is 0.338 e. The highest BCUT2D eigenvalue weighted by molar-refractivity contribution is 5.93. The first-order valence-corrected chi connectivity index (χ1v) is 9.11. The first kappa shape index (κ1) is 21.6. The second-order valence-corrected chi connectivity index (χ2v) is 6.54. The van der Waals surface area contributed by atoms with Crippen molar-refractivity contribution in [1.82, 2.24) is 0 Å². The lowest BCUT2D eigenvalue weighted by molar-refractivity contribution is -0.135. The first-order valence-electron chi connectivity index (χ1n) is 9.11. The fourth-order valence-corrected chi connectivity index (χ4v) is 2.58.